The molecule has 1 amide bonds. The highest BCUT2D eigenvalue weighted by Gasteiger charge is 2.25. The smallest absolute Gasteiger partial charge is 0.407 e. The summed E-state index contributed by atoms with van der Waals surface area (Å²) in [5, 5.41) is 15.1. The zero-order valence-electron chi connectivity index (χ0n) is 17.8. The molecule has 0 aromatic carbocycles. The molecule has 12 nitrogen and oxygen atoms in total. The zero-order valence-corrected chi connectivity index (χ0v) is 18.6. The molecule has 0 saturated carbocycles. The van der Waals surface area contributed by atoms with Crippen molar-refractivity contribution in [3.8, 4) is 11.6 Å². The lowest BCUT2D eigenvalue weighted by Crippen LogP contribution is -2.41. The predicted octanol–water partition coefficient (Wildman–Crippen LogP) is 1.60. The third kappa shape index (κ3) is 6.57. The molecule has 0 bridgehead atoms. The standard InChI is InChI=1S/C19H26N6O6S/c1-30-16-17(24-13-3-4-15(21-11-13)20-7-10-32(2,28)29)22-12-23-18(16)31-14-5-8-25(9-6-14)19(26)27/h3-4,11-12,14H,5-10H2,1-2H3,(H,20,21)(H,26,27)(H,22,23,24). The van der Waals surface area contributed by atoms with Crippen LogP contribution in [0.2, 0.25) is 0 Å². The van der Waals surface area contributed by atoms with Crippen LogP contribution in [0.15, 0.2) is 24.7 Å². The van der Waals surface area contributed by atoms with E-state index in [1.54, 1.807) is 18.3 Å². The molecule has 2 aromatic rings. The minimum absolute atomic E-state index is 0.0188. The maximum Gasteiger partial charge on any atom is 0.407 e. The van der Waals surface area contributed by atoms with Crippen LogP contribution >= 0.6 is 0 Å². The molecule has 1 fully saturated rings. The summed E-state index contributed by atoms with van der Waals surface area (Å²) in [4.78, 5) is 25.0. The minimum atomic E-state index is -3.04. The van der Waals surface area contributed by atoms with E-state index in [9.17, 15) is 13.2 Å². The van der Waals surface area contributed by atoms with Gasteiger partial charge in [-0.3, -0.25) is 0 Å². The lowest BCUT2D eigenvalue weighted by Gasteiger charge is -2.30. The van der Waals surface area contributed by atoms with Gasteiger partial charge < -0.3 is 30.1 Å². The lowest BCUT2D eigenvalue weighted by atomic mass is 10.1. The second-order valence-electron chi connectivity index (χ2n) is 7.26. The predicted molar refractivity (Wildman–Crippen MR) is 118 cm³/mol. The normalized spacial score (nSPS) is 14.6. The summed E-state index contributed by atoms with van der Waals surface area (Å²) in [5.74, 6) is 1.55. The number of rotatable bonds is 9. The maximum absolute atomic E-state index is 11.2. The monoisotopic (exact) mass is 466 g/mol. The van der Waals surface area contributed by atoms with Gasteiger partial charge in [0.1, 0.15) is 28.1 Å². The average molecular weight is 467 g/mol. The Kier molecular flexibility index (Phi) is 7.51. The number of amides is 1. The molecule has 2 aromatic heterocycles. The molecule has 1 aliphatic heterocycles. The van der Waals surface area contributed by atoms with Crippen LogP contribution in [0.25, 0.3) is 0 Å². The van der Waals surface area contributed by atoms with Gasteiger partial charge in [-0.2, -0.15) is 4.98 Å². The Hall–Kier alpha value is -3.35. The minimum Gasteiger partial charge on any atom is -0.489 e. The van der Waals surface area contributed by atoms with E-state index in [4.69, 9.17) is 14.6 Å². The number of nitrogens with zero attached hydrogens (tertiary/aromatic N) is 4. The van der Waals surface area contributed by atoms with Gasteiger partial charge in [0.25, 0.3) is 5.88 Å². The van der Waals surface area contributed by atoms with Crippen molar-refractivity contribution >= 4 is 33.3 Å². The van der Waals surface area contributed by atoms with Crippen molar-refractivity contribution < 1.29 is 27.8 Å². The van der Waals surface area contributed by atoms with Gasteiger partial charge in [-0.05, 0) is 12.1 Å². The Balaban J connectivity index is 1.63. The third-order valence-electron chi connectivity index (χ3n) is 4.77. The molecule has 0 unspecified atom stereocenters. The topological polar surface area (TPSA) is 156 Å². The Bertz CT molecular complexity index is 1030. The van der Waals surface area contributed by atoms with E-state index in [1.165, 1.54) is 24.6 Å². The summed E-state index contributed by atoms with van der Waals surface area (Å²) in [6.07, 6.45) is 4.11. The number of nitrogens with one attached hydrogen (secondary N) is 2. The van der Waals surface area contributed by atoms with Gasteiger partial charge in [-0.15, -0.1) is 0 Å². The van der Waals surface area contributed by atoms with Crippen LogP contribution in [-0.4, -0.2) is 84.3 Å². The van der Waals surface area contributed by atoms with Gasteiger partial charge in [-0.25, -0.2) is 23.2 Å². The molecule has 3 heterocycles. The fraction of sp³-hybridized carbons (Fsp3) is 0.474. The first-order chi connectivity index (χ1) is 15.2. The van der Waals surface area contributed by atoms with E-state index in [2.05, 4.69) is 25.6 Å². The van der Waals surface area contributed by atoms with Crippen LogP contribution < -0.4 is 20.1 Å². The zero-order chi connectivity index (χ0) is 23.1. The summed E-state index contributed by atoms with van der Waals surface area (Å²) >= 11 is 0. The quantitative estimate of drug-likeness (QED) is 0.493. The molecule has 0 radical (unpaired) electrons. The van der Waals surface area contributed by atoms with Crippen LogP contribution in [0.1, 0.15) is 12.8 Å². The lowest BCUT2D eigenvalue weighted by molar-refractivity contribution is 0.0852. The van der Waals surface area contributed by atoms with E-state index in [0.29, 0.717) is 49.0 Å². The number of hydrogen-bond acceptors (Lipinski definition) is 10. The number of ether oxygens (including phenoxy) is 2. The van der Waals surface area contributed by atoms with Gasteiger partial charge in [0.05, 0.1) is 24.7 Å². The second kappa shape index (κ2) is 10.3. The number of hydrogen-bond donors (Lipinski definition) is 3. The molecule has 0 aliphatic carbocycles. The van der Waals surface area contributed by atoms with Crippen molar-refractivity contribution in [1.29, 1.82) is 0 Å². The van der Waals surface area contributed by atoms with Crippen LogP contribution in [0, 0.1) is 0 Å². The largest absolute Gasteiger partial charge is 0.489 e. The Morgan fingerprint density at radius 2 is 2.00 bits per heavy atom. The number of sulfone groups is 1. The number of methoxy groups -OCH3 is 1. The summed E-state index contributed by atoms with van der Waals surface area (Å²) in [7, 11) is -1.56. The maximum atomic E-state index is 11.2. The fourth-order valence-electron chi connectivity index (χ4n) is 3.11. The molecule has 0 atom stereocenters. The van der Waals surface area contributed by atoms with E-state index >= 15 is 0 Å². The highest BCUT2D eigenvalue weighted by atomic mass is 32.2. The first-order valence-corrected chi connectivity index (χ1v) is 12.0. The third-order valence-corrected chi connectivity index (χ3v) is 5.72. The molecular weight excluding hydrogens is 440 g/mol. The Morgan fingerprint density at radius 3 is 2.59 bits per heavy atom. The summed E-state index contributed by atoms with van der Waals surface area (Å²) in [6, 6.07) is 3.48. The molecule has 32 heavy (non-hydrogen) atoms. The molecule has 3 rings (SSSR count). The van der Waals surface area contributed by atoms with Crippen LogP contribution in [0.4, 0.5) is 22.1 Å². The number of likely N-dealkylation sites (tertiary alicyclic amines) is 1. The first kappa shape index (κ1) is 23.3. The summed E-state index contributed by atoms with van der Waals surface area (Å²) < 4.78 is 33.8. The number of aromatic nitrogens is 3. The van der Waals surface area contributed by atoms with E-state index in [1.807, 2.05) is 0 Å². The summed E-state index contributed by atoms with van der Waals surface area (Å²) in [6.45, 7) is 1.06. The van der Waals surface area contributed by atoms with Gasteiger partial charge in [0.15, 0.2) is 5.82 Å². The molecule has 1 saturated heterocycles. The molecule has 13 heteroatoms. The van der Waals surface area contributed by atoms with Crippen molar-refractivity contribution in [3.63, 3.8) is 0 Å². The van der Waals surface area contributed by atoms with Crippen molar-refractivity contribution in [3.05, 3.63) is 24.7 Å². The van der Waals surface area contributed by atoms with Gasteiger partial charge in [0, 0.05) is 38.7 Å². The van der Waals surface area contributed by atoms with Gasteiger partial charge in [-0.1, -0.05) is 0 Å². The number of piperidine rings is 1. The molecule has 174 valence electrons. The summed E-state index contributed by atoms with van der Waals surface area (Å²) in [5.41, 5.74) is 0.636. The molecular formula is C19H26N6O6S. The van der Waals surface area contributed by atoms with Crippen LogP contribution in [0.5, 0.6) is 11.6 Å². The van der Waals surface area contributed by atoms with Crippen LogP contribution in [0.3, 0.4) is 0 Å². The molecule has 3 N–H and O–H groups in total. The van der Waals surface area contributed by atoms with Gasteiger partial charge in [0.2, 0.25) is 5.75 Å². The fourth-order valence-corrected chi connectivity index (χ4v) is 3.58. The number of pyridine rings is 1. The van der Waals surface area contributed by atoms with E-state index < -0.39 is 15.9 Å². The highest BCUT2D eigenvalue weighted by Crippen LogP contribution is 2.34. The average Bonchev–Trinajstić information content (AvgIpc) is 2.75. The Labute approximate surface area is 185 Å². The molecule has 1 aliphatic rings. The van der Waals surface area contributed by atoms with E-state index in [-0.39, 0.29) is 24.3 Å². The van der Waals surface area contributed by atoms with Crippen molar-refractivity contribution in [2.75, 3.05) is 49.4 Å². The second-order valence-corrected chi connectivity index (χ2v) is 9.52. The van der Waals surface area contributed by atoms with Crippen molar-refractivity contribution in [1.82, 2.24) is 19.9 Å². The highest BCUT2D eigenvalue weighted by molar-refractivity contribution is 7.90. The van der Waals surface area contributed by atoms with Gasteiger partial charge >= 0.3 is 6.09 Å². The number of anilines is 3. The first-order valence-electron chi connectivity index (χ1n) is 9.93. The van der Waals surface area contributed by atoms with Crippen molar-refractivity contribution in [2.24, 2.45) is 0 Å². The van der Waals surface area contributed by atoms with E-state index in [0.717, 1.165) is 0 Å². The number of carbonyl (C=O) groups is 1. The number of carboxylic acid groups (broad SMARTS) is 1. The van der Waals surface area contributed by atoms with Crippen molar-refractivity contribution in [2.45, 2.75) is 18.9 Å². The van der Waals surface area contributed by atoms with Crippen LogP contribution in [-0.2, 0) is 9.84 Å². The SMILES string of the molecule is COc1c(Nc2ccc(NCCS(C)(=O)=O)nc2)ncnc1OC1CCN(C(=O)O)CC1. The Morgan fingerprint density at radius 1 is 1.25 bits per heavy atom. The molecule has 0 spiro atoms.